The Balaban J connectivity index is 1.97. The van der Waals surface area contributed by atoms with E-state index in [0.717, 1.165) is 56.5 Å². The normalized spacial score (nSPS) is 22.2. The second kappa shape index (κ2) is 8.27. The van der Waals surface area contributed by atoms with E-state index in [2.05, 4.69) is 19.0 Å². The van der Waals surface area contributed by atoms with Crippen LogP contribution in [0.25, 0.3) is 0 Å². The number of halogens is 3. The van der Waals surface area contributed by atoms with Crippen molar-refractivity contribution in [1.29, 1.82) is 0 Å². The highest BCUT2D eigenvalue weighted by Crippen LogP contribution is 2.32. The molecule has 0 aromatic heterocycles. The molecule has 1 aliphatic carbocycles. The van der Waals surface area contributed by atoms with E-state index in [0.29, 0.717) is 18.4 Å². The van der Waals surface area contributed by atoms with Crippen LogP contribution in [-0.4, -0.2) is 51.9 Å². The quantitative estimate of drug-likeness (QED) is 0.741. The number of nitrogens with zero attached hydrogens (tertiary/aromatic N) is 2. The molecule has 8 heteroatoms. The Morgan fingerprint density at radius 2 is 1.38 bits per heavy atom. The third-order valence-electron chi connectivity index (χ3n) is 4.99. The van der Waals surface area contributed by atoms with E-state index in [1.54, 1.807) is 0 Å². The van der Waals surface area contributed by atoms with Crippen LogP contribution in [-0.2, 0) is 16.2 Å². The molecule has 1 aliphatic rings. The topological polar surface area (TPSA) is 40.6 Å². The lowest BCUT2D eigenvalue weighted by Crippen LogP contribution is -2.34. The van der Waals surface area contributed by atoms with Gasteiger partial charge in [-0.3, -0.25) is 0 Å². The van der Waals surface area contributed by atoms with Crippen molar-refractivity contribution in [3.63, 3.8) is 0 Å². The van der Waals surface area contributed by atoms with Crippen molar-refractivity contribution in [3.8, 4) is 0 Å². The Labute approximate surface area is 154 Å². The first kappa shape index (κ1) is 21.2. The zero-order valence-electron chi connectivity index (χ0n) is 15.5. The van der Waals surface area contributed by atoms with Crippen LogP contribution in [0.2, 0.25) is 0 Å². The van der Waals surface area contributed by atoms with Gasteiger partial charge in [0.1, 0.15) is 0 Å². The summed E-state index contributed by atoms with van der Waals surface area (Å²) in [5, 5.41) is 0. The molecule has 0 amide bonds. The van der Waals surface area contributed by atoms with Gasteiger partial charge in [0, 0.05) is 20.1 Å². The van der Waals surface area contributed by atoms with Crippen molar-refractivity contribution >= 4 is 10.0 Å². The number of rotatable bonds is 6. The first-order chi connectivity index (χ1) is 12.0. The molecule has 0 saturated heterocycles. The van der Waals surface area contributed by atoms with Gasteiger partial charge in [0.15, 0.2) is 0 Å². The van der Waals surface area contributed by atoms with E-state index in [1.807, 2.05) is 0 Å². The third kappa shape index (κ3) is 5.44. The monoisotopic (exact) mass is 392 g/mol. The van der Waals surface area contributed by atoms with E-state index < -0.39 is 21.8 Å². The van der Waals surface area contributed by atoms with E-state index in [-0.39, 0.29) is 4.90 Å². The summed E-state index contributed by atoms with van der Waals surface area (Å²) >= 11 is 0. The van der Waals surface area contributed by atoms with E-state index in [4.69, 9.17) is 0 Å². The predicted molar refractivity (Wildman–Crippen MR) is 95.3 cm³/mol. The zero-order chi connectivity index (χ0) is 19.5. The van der Waals surface area contributed by atoms with Crippen LogP contribution in [0.15, 0.2) is 29.2 Å². The first-order valence-corrected chi connectivity index (χ1v) is 10.2. The molecule has 1 aromatic rings. The Hall–Kier alpha value is -1.12. The van der Waals surface area contributed by atoms with Gasteiger partial charge in [0.25, 0.3) is 0 Å². The van der Waals surface area contributed by atoms with Crippen LogP contribution in [0.1, 0.15) is 31.2 Å². The number of alkyl halides is 3. The molecular formula is C18H27F3N2O2S. The minimum atomic E-state index is -4.47. The lowest BCUT2D eigenvalue weighted by atomic mass is 9.82. The molecule has 0 radical (unpaired) electrons. The Kier molecular flexibility index (Phi) is 6.74. The van der Waals surface area contributed by atoms with Crippen LogP contribution < -0.4 is 0 Å². The molecule has 2 rings (SSSR count). The van der Waals surface area contributed by atoms with Crippen LogP contribution in [0, 0.1) is 11.8 Å². The molecule has 0 aliphatic heterocycles. The Morgan fingerprint density at radius 1 is 0.923 bits per heavy atom. The van der Waals surface area contributed by atoms with Gasteiger partial charge in [-0.15, -0.1) is 0 Å². The van der Waals surface area contributed by atoms with Crippen molar-refractivity contribution in [2.45, 2.75) is 36.8 Å². The van der Waals surface area contributed by atoms with Gasteiger partial charge in [-0.25, -0.2) is 12.7 Å². The lowest BCUT2D eigenvalue weighted by molar-refractivity contribution is -0.137. The largest absolute Gasteiger partial charge is 0.416 e. The SMILES string of the molecule is CN(C)C[C@H]1CC[C@H](CN(C)S(=O)(=O)c2ccc(C(F)(F)F)cc2)CC1. The number of hydrogen-bond donors (Lipinski definition) is 0. The lowest BCUT2D eigenvalue weighted by Gasteiger charge is -2.32. The molecule has 4 nitrogen and oxygen atoms in total. The summed E-state index contributed by atoms with van der Waals surface area (Å²) in [4.78, 5) is 2.07. The average molecular weight is 392 g/mol. The summed E-state index contributed by atoms with van der Waals surface area (Å²) in [6, 6.07) is 3.69. The van der Waals surface area contributed by atoms with Gasteiger partial charge >= 0.3 is 6.18 Å². The van der Waals surface area contributed by atoms with Gasteiger partial charge in [0.2, 0.25) is 10.0 Å². The predicted octanol–water partition coefficient (Wildman–Crippen LogP) is 3.69. The van der Waals surface area contributed by atoms with Gasteiger partial charge in [-0.05, 0) is 75.9 Å². The van der Waals surface area contributed by atoms with Crippen molar-refractivity contribution < 1.29 is 21.6 Å². The third-order valence-corrected chi connectivity index (χ3v) is 6.83. The Morgan fingerprint density at radius 3 is 1.81 bits per heavy atom. The smallest absolute Gasteiger partial charge is 0.309 e. The van der Waals surface area contributed by atoms with E-state index in [1.165, 1.54) is 11.4 Å². The van der Waals surface area contributed by atoms with Crippen LogP contribution in [0.4, 0.5) is 13.2 Å². The molecular weight excluding hydrogens is 365 g/mol. The fourth-order valence-electron chi connectivity index (χ4n) is 3.57. The second-order valence-corrected chi connectivity index (χ2v) is 9.50. The standard InChI is InChI=1S/C18H27F3N2O2S/c1-22(2)12-14-4-6-15(7-5-14)13-23(3)26(24,25)17-10-8-16(9-11-17)18(19,20)21/h8-11,14-15H,4-7,12-13H2,1-3H3/t14-,15-. The van der Waals surface area contributed by atoms with E-state index in [9.17, 15) is 21.6 Å². The van der Waals surface area contributed by atoms with Gasteiger partial charge in [-0.2, -0.15) is 13.2 Å². The summed E-state index contributed by atoms with van der Waals surface area (Å²) < 4.78 is 64.4. The summed E-state index contributed by atoms with van der Waals surface area (Å²) in [6.45, 7) is 1.45. The minimum absolute atomic E-state index is 0.103. The molecule has 1 saturated carbocycles. The minimum Gasteiger partial charge on any atom is -0.309 e. The van der Waals surface area contributed by atoms with Crippen LogP contribution in [0.3, 0.4) is 0 Å². The summed E-state index contributed by atoms with van der Waals surface area (Å²) in [6.07, 6.45) is -0.357. The van der Waals surface area contributed by atoms with Gasteiger partial charge in [-0.1, -0.05) is 0 Å². The highest BCUT2D eigenvalue weighted by Gasteiger charge is 2.32. The molecule has 0 bridgehead atoms. The van der Waals surface area contributed by atoms with E-state index >= 15 is 0 Å². The van der Waals surface area contributed by atoms with Crippen molar-refractivity contribution in [1.82, 2.24) is 9.21 Å². The van der Waals surface area contributed by atoms with Crippen molar-refractivity contribution in [2.75, 3.05) is 34.2 Å². The summed E-state index contributed by atoms with van der Waals surface area (Å²) in [5.41, 5.74) is -0.849. The van der Waals surface area contributed by atoms with Crippen LogP contribution >= 0.6 is 0 Å². The summed E-state index contributed by atoms with van der Waals surface area (Å²) in [5.74, 6) is 0.945. The average Bonchev–Trinajstić information content (AvgIpc) is 2.55. The second-order valence-electron chi connectivity index (χ2n) is 7.46. The fourth-order valence-corrected chi connectivity index (χ4v) is 4.82. The molecule has 0 N–H and O–H groups in total. The molecule has 26 heavy (non-hydrogen) atoms. The Bertz CT molecular complexity index is 679. The summed E-state index contributed by atoms with van der Waals surface area (Å²) in [7, 11) is 1.83. The van der Waals surface area contributed by atoms with Crippen molar-refractivity contribution in [2.24, 2.45) is 11.8 Å². The highest BCUT2D eigenvalue weighted by molar-refractivity contribution is 7.89. The maximum Gasteiger partial charge on any atom is 0.416 e. The fraction of sp³-hybridized carbons (Fsp3) is 0.667. The number of benzene rings is 1. The highest BCUT2D eigenvalue weighted by atomic mass is 32.2. The molecule has 148 valence electrons. The molecule has 0 spiro atoms. The maximum absolute atomic E-state index is 12.6. The van der Waals surface area contributed by atoms with Crippen molar-refractivity contribution in [3.05, 3.63) is 29.8 Å². The molecule has 0 heterocycles. The first-order valence-electron chi connectivity index (χ1n) is 8.78. The van der Waals surface area contributed by atoms with Crippen LogP contribution in [0.5, 0.6) is 0 Å². The molecule has 0 unspecified atom stereocenters. The molecule has 1 fully saturated rings. The number of hydrogen-bond acceptors (Lipinski definition) is 3. The van der Waals surface area contributed by atoms with Gasteiger partial charge < -0.3 is 4.90 Å². The molecule has 1 aromatic carbocycles. The zero-order valence-corrected chi connectivity index (χ0v) is 16.3. The molecule has 0 atom stereocenters. The van der Waals surface area contributed by atoms with Gasteiger partial charge in [0.05, 0.1) is 10.5 Å². The maximum atomic E-state index is 12.6. The number of sulfonamides is 1.